The molecule has 2 atom stereocenters. The fraction of sp³-hybridized carbons (Fsp3) is 0.433. The van der Waals surface area contributed by atoms with Crippen molar-refractivity contribution in [3.05, 3.63) is 83.2 Å². The summed E-state index contributed by atoms with van der Waals surface area (Å²) in [5.41, 5.74) is 1.49. The Balaban J connectivity index is 1.40. The molecule has 11 heteroatoms. The number of nitrogens with zero attached hydrogens (tertiary/aromatic N) is 6. The summed E-state index contributed by atoms with van der Waals surface area (Å²) in [5, 5.41) is 13.6. The molecule has 0 saturated carbocycles. The van der Waals surface area contributed by atoms with Gasteiger partial charge in [0.2, 0.25) is 0 Å². The minimum absolute atomic E-state index is 0.0430. The van der Waals surface area contributed by atoms with Gasteiger partial charge in [-0.3, -0.25) is 0 Å². The first-order valence-electron chi connectivity index (χ1n) is 13.8. The van der Waals surface area contributed by atoms with E-state index < -0.39 is 26.9 Å². The lowest BCUT2D eigenvalue weighted by molar-refractivity contribution is 0.153. The summed E-state index contributed by atoms with van der Waals surface area (Å²) < 4.78 is 54.0. The van der Waals surface area contributed by atoms with Gasteiger partial charge in [-0.05, 0) is 72.9 Å². The van der Waals surface area contributed by atoms with E-state index in [9.17, 15) is 17.2 Å². The van der Waals surface area contributed by atoms with Crippen molar-refractivity contribution < 1.29 is 17.2 Å². The van der Waals surface area contributed by atoms with Crippen LogP contribution in [0.5, 0.6) is 0 Å². The lowest BCUT2D eigenvalue weighted by Crippen LogP contribution is -2.47. The number of pyridine rings is 1. The van der Waals surface area contributed by atoms with E-state index in [1.165, 1.54) is 18.2 Å². The molecule has 3 aromatic heterocycles. The van der Waals surface area contributed by atoms with E-state index in [1.807, 2.05) is 18.2 Å². The van der Waals surface area contributed by atoms with Crippen molar-refractivity contribution in [3.8, 4) is 17.1 Å². The predicted molar refractivity (Wildman–Crippen MR) is 150 cm³/mol. The van der Waals surface area contributed by atoms with Crippen molar-refractivity contribution in [1.82, 2.24) is 29.9 Å². The van der Waals surface area contributed by atoms with E-state index in [0.29, 0.717) is 18.1 Å². The fourth-order valence-electron chi connectivity index (χ4n) is 6.43. The van der Waals surface area contributed by atoms with Gasteiger partial charge in [0, 0.05) is 6.42 Å². The Morgan fingerprint density at radius 2 is 1.73 bits per heavy atom. The quantitative estimate of drug-likeness (QED) is 0.309. The maximum Gasteiger partial charge on any atom is 0.155 e. The van der Waals surface area contributed by atoms with Gasteiger partial charge in [-0.2, -0.15) is 5.10 Å². The van der Waals surface area contributed by atoms with Crippen molar-refractivity contribution in [2.24, 2.45) is 11.3 Å². The van der Waals surface area contributed by atoms with Crippen LogP contribution >= 0.6 is 0 Å². The summed E-state index contributed by atoms with van der Waals surface area (Å²) in [6.07, 6.45) is 3.76. The van der Waals surface area contributed by atoms with Crippen molar-refractivity contribution >= 4 is 9.84 Å². The maximum absolute atomic E-state index is 14.7. The fourth-order valence-corrected chi connectivity index (χ4v) is 8.00. The monoisotopic (exact) mass is 578 g/mol. The van der Waals surface area contributed by atoms with Crippen molar-refractivity contribution in [3.63, 3.8) is 0 Å². The van der Waals surface area contributed by atoms with Crippen LogP contribution < -0.4 is 0 Å². The summed E-state index contributed by atoms with van der Waals surface area (Å²) in [7, 11) is -2.91. The van der Waals surface area contributed by atoms with Gasteiger partial charge in [0.05, 0.1) is 39.6 Å². The number of sulfone groups is 1. The molecule has 0 unspecified atom stereocenters. The van der Waals surface area contributed by atoms with E-state index in [4.69, 9.17) is 4.98 Å². The summed E-state index contributed by atoms with van der Waals surface area (Å²) in [6.45, 7) is 8.60. The second kappa shape index (κ2) is 9.75. The Hall–Kier alpha value is -3.60. The van der Waals surface area contributed by atoms with Crippen molar-refractivity contribution in [1.29, 1.82) is 0 Å². The maximum atomic E-state index is 14.7. The third-order valence-corrected chi connectivity index (χ3v) is 11.0. The molecule has 6 rings (SSSR count). The van der Waals surface area contributed by atoms with Gasteiger partial charge in [0.15, 0.2) is 21.5 Å². The molecule has 1 fully saturated rings. The minimum atomic E-state index is -2.91. The predicted octanol–water partition coefficient (Wildman–Crippen LogP) is 5.21. The first kappa shape index (κ1) is 27.6. The zero-order chi connectivity index (χ0) is 29.2. The summed E-state index contributed by atoms with van der Waals surface area (Å²) in [4.78, 5) is 9.41. The number of hydrogen-bond acceptors (Lipinski definition) is 7. The highest BCUT2D eigenvalue weighted by Gasteiger charge is 2.52. The molecule has 1 saturated heterocycles. The molecule has 2 aliphatic rings. The number of aromatic nitrogens is 6. The molecule has 0 N–H and O–H groups in total. The van der Waals surface area contributed by atoms with E-state index in [0.717, 1.165) is 29.8 Å². The molecule has 8 nitrogen and oxygen atoms in total. The molecule has 214 valence electrons. The number of benzene rings is 1. The van der Waals surface area contributed by atoms with Crippen molar-refractivity contribution in [2.75, 3.05) is 11.5 Å². The van der Waals surface area contributed by atoms with Gasteiger partial charge in [0.1, 0.15) is 18.0 Å². The Bertz CT molecular complexity index is 1720. The van der Waals surface area contributed by atoms with Crippen LogP contribution in [0.1, 0.15) is 69.2 Å². The highest BCUT2D eigenvalue weighted by atomic mass is 32.2. The number of fused-ring (bicyclic) bond motifs is 1. The van der Waals surface area contributed by atoms with Crippen LogP contribution in [-0.2, 0) is 21.7 Å². The van der Waals surface area contributed by atoms with Gasteiger partial charge in [-0.25, -0.2) is 31.8 Å². The standard InChI is InChI=1S/C30H32F2N6O2S/c1-5-19-14-29(2,3)30(4,28-20(19)13-23(35-36-28)27-21(31)8-6-9-22(27)32)24-10-7-11-26(34-24)38-17-33-25(37-38)12-18-15-41(39,40)16-18/h6-11,13,17-19H,5,12,14-16H2,1-4H3/t19-,30+/m1/s1. The molecule has 4 heterocycles. The van der Waals surface area contributed by atoms with Crippen LogP contribution in [0.25, 0.3) is 17.1 Å². The van der Waals surface area contributed by atoms with E-state index in [1.54, 1.807) is 17.1 Å². The molecule has 0 bridgehead atoms. The Morgan fingerprint density at radius 3 is 2.41 bits per heavy atom. The molecule has 1 aliphatic carbocycles. The summed E-state index contributed by atoms with van der Waals surface area (Å²) in [5.74, 6) is 0.335. The highest BCUT2D eigenvalue weighted by molar-refractivity contribution is 7.92. The van der Waals surface area contributed by atoms with Crippen LogP contribution in [0.4, 0.5) is 8.78 Å². The average Bonchev–Trinajstić information content (AvgIpc) is 3.38. The second-order valence-electron chi connectivity index (χ2n) is 12.1. The summed E-state index contributed by atoms with van der Waals surface area (Å²) >= 11 is 0. The molecule has 0 radical (unpaired) electrons. The largest absolute Gasteiger partial charge is 0.233 e. The van der Waals surface area contributed by atoms with Crippen LogP contribution in [0.3, 0.4) is 0 Å². The molecule has 0 amide bonds. The molecule has 4 aromatic rings. The molecule has 1 aliphatic heterocycles. The zero-order valence-electron chi connectivity index (χ0n) is 23.5. The minimum Gasteiger partial charge on any atom is -0.233 e. The Labute approximate surface area is 238 Å². The van der Waals surface area contributed by atoms with Crippen molar-refractivity contribution in [2.45, 2.75) is 58.3 Å². The SMILES string of the molecule is CC[C@@H]1CC(C)(C)[C@@](C)(c2cccc(-n3cnc(CC4CS(=O)(=O)C4)n3)n2)c2nnc(-c3c(F)cccc3F)cc21. The van der Waals surface area contributed by atoms with Crippen LogP contribution in [-0.4, -0.2) is 49.9 Å². The lowest BCUT2D eigenvalue weighted by atomic mass is 9.54. The van der Waals surface area contributed by atoms with E-state index in [2.05, 4.69) is 48.0 Å². The molecule has 0 spiro atoms. The molecule has 41 heavy (non-hydrogen) atoms. The van der Waals surface area contributed by atoms with Gasteiger partial charge in [-0.1, -0.05) is 32.9 Å². The molecular formula is C30H32F2N6O2S. The Kier molecular flexibility index (Phi) is 6.55. The van der Waals surface area contributed by atoms with Gasteiger partial charge >= 0.3 is 0 Å². The van der Waals surface area contributed by atoms with E-state index >= 15 is 0 Å². The van der Waals surface area contributed by atoms with Crippen LogP contribution in [0, 0.1) is 23.0 Å². The smallest absolute Gasteiger partial charge is 0.155 e. The number of rotatable bonds is 6. The Morgan fingerprint density at radius 1 is 1.02 bits per heavy atom. The number of hydrogen-bond donors (Lipinski definition) is 0. The zero-order valence-corrected chi connectivity index (χ0v) is 24.3. The second-order valence-corrected chi connectivity index (χ2v) is 14.2. The first-order valence-corrected chi connectivity index (χ1v) is 15.7. The van der Waals surface area contributed by atoms with Gasteiger partial charge in [-0.15, -0.1) is 10.2 Å². The third kappa shape index (κ3) is 4.64. The van der Waals surface area contributed by atoms with Gasteiger partial charge in [0.25, 0.3) is 0 Å². The molecule has 1 aromatic carbocycles. The topological polar surface area (TPSA) is 104 Å². The van der Waals surface area contributed by atoms with Gasteiger partial charge < -0.3 is 0 Å². The highest BCUT2D eigenvalue weighted by Crippen LogP contribution is 2.56. The lowest BCUT2D eigenvalue weighted by Gasteiger charge is -2.50. The van der Waals surface area contributed by atoms with E-state index in [-0.39, 0.29) is 40.0 Å². The van der Waals surface area contributed by atoms with Crippen LogP contribution in [0.2, 0.25) is 0 Å². The summed E-state index contributed by atoms with van der Waals surface area (Å²) in [6, 6.07) is 11.3. The normalized spacial score (nSPS) is 23.1. The van der Waals surface area contributed by atoms with Crippen LogP contribution in [0.15, 0.2) is 48.8 Å². The third-order valence-electron chi connectivity index (χ3n) is 9.03. The number of halogens is 2. The first-order chi connectivity index (χ1) is 19.4. The average molecular weight is 579 g/mol. The molecular weight excluding hydrogens is 546 g/mol.